The zero-order valence-electron chi connectivity index (χ0n) is 21.8. The van der Waals surface area contributed by atoms with Crippen LogP contribution in [0.4, 0.5) is 0 Å². The normalized spacial score (nSPS) is 21.5. The first-order valence-corrected chi connectivity index (χ1v) is 12.7. The molecule has 0 aliphatic carbocycles. The molecule has 0 bridgehead atoms. The molecule has 1 aliphatic rings. The van der Waals surface area contributed by atoms with Crippen LogP contribution >= 0.6 is 0 Å². The van der Waals surface area contributed by atoms with Gasteiger partial charge in [-0.2, -0.15) is 0 Å². The summed E-state index contributed by atoms with van der Waals surface area (Å²) in [6.45, 7) is 7.13. The fraction of sp³-hybridized carbons (Fsp3) is 0.483. The first-order chi connectivity index (χ1) is 17.7. The molecule has 1 heterocycles. The van der Waals surface area contributed by atoms with Crippen LogP contribution in [0, 0.1) is 11.8 Å². The van der Waals surface area contributed by atoms with E-state index < -0.39 is 54.3 Å². The number of hydrogen-bond donors (Lipinski definition) is 0. The monoisotopic (exact) mass is 512 g/mol. The summed E-state index contributed by atoms with van der Waals surface area (Å²) in [5, 5.41) is 0. The molecular formula is C29H36O8. The lowest BCUT2D eigenvalue weighted by molar-refractivity contribution is -0.276. The van der Waals surface area contributed by atoms with E-state index in [1.807, 2.05) is 60.7 Å². The lowest BCUT2D eigenvalue weighted by Crippen LogP contribution is -2.55. The van der Waals surface area contributed by atoms with E-state index in [1.165, 1.54) is 0 Å². The molecule has 2 aromatic rings. The van der Waals surface area contributed by atoms with Crippen molar-refractivity contribution < 1.29 is 38.1 Å². The Bertz CT molecular complexity index is 1010. The molecule has 0 saturated carbocycles. The minimum Gasteiger partial charge on any atom is -0.459 e. The Morgan fingerprint density at radius 3 is 2.00 bits per heavy atom. The van der Waals surface area contributed by atoms with Gasteiger partial charge in [-0.3, -0.25) is 9.59 Å². The summed E-state index contributed by atoms with van der Waals surface area (Å²) in [7, 11) is 0. The lowest BCUT2D eigenvalue weighted by atomic mass is 10.0. The van der Waals surface area contributed by atoms with Crippen LogP contribution in [0.3, 0.4) is 0 Å². The van der Waals surface area contributed by atoms with Crippen LogP contribution in [0.5, 0.6) is 0 Å². The van der Waals surface area contributed by atoms with E-state index in [0.717, 1.165) is 11.1 Å². The Kier molecular flexibility index (Phi) is 10.7. The summed E-state index contributed by atoms with van der Waals surface area (Å²) in [6, 6.07) is 19.0. The number of esters is 3. The van der Waals surface area contributed by atoms with Gasteiger partial charge in [0.15, 0.2) is 18.5 Å². The van der Waals surface area contributed by atoms with E-state index in [-0.39, 0.29) is 19.6 Å². The molecule has 8 heteroatoms. The van der Waals surface area contributed by atoms with Gasteiger partial charge in [0.25, 0.3) is 0 Å². The van der Waals surface area contributed by atoms with Gasteiger partial charge in [0.1, 0.15) is 12.7 Å². The molecule has 1 fully saturated rings. The molecule has 0 amide bonds. The van der Waals surface area contributed by atoms with Gasteiger partial charge in [-0.25, -0.2) is 4.79 Å². The van der Waals surface area contributed by atoms with Crippen LogP contribution in [0.25, 0.3) is 0 Å². The van der Waals surface area contributed by atoms with E-state index in [4.69, 9.17) is 23.7 Å². The Morgan fingerprint density at radius 1 is 0.838 bits per heavy atom. The third-order valence-corrected chi connectivity index (χ3v) is 5.84. The van der Waals surface area contributed by atoms with Gasteiger partial charge in [-0.1, -0.05) is 88.4 Å². The quantitative estimate of drug-likeness (QED) is 0.326. The van der Waals surface area contributed by atoms with Crippen LogP contribution in [0.2, 0.25) is 0 Å². The Balaban J connectivity index is 1.77. The second kappa shape index (κ2) is 13.9. The molecule has 0 aromatic heterocycles. The van der Waals surface area contributed by atoms with E-state index in [1.54, 1.807) is 27.7 Å². The second-order valence-corrected chi connectivity index (χ2v) is 9.61. The predicted octanol–water partition coefficient (Wildman–Crippen LogP) is 4.24. The maximum atomic E-state index is 13.0. The summed E-state index contributed by atoms with van der Waals surface area (Å²) in [4.78, 5) is 38.0. The number of carbonyl (C=O) groups excluding carboxylic acids is 3. The highest BCUT2D eigenvalue weighted by Gasteiger charge is 2.47. The van der Waals surface area contributed by atoms with Gasteiger partial charge in [-0.15, -0.1) is 0 Å². The highest BCUT2D eigenvalue weighted by atomic mass is 16.7. The summed E-state index contributed by atoms with van der Waals surface area (Å²) < 4.78 is 28.8. The first kappa shape index (κ1) is 28.3. The standard InChI is InChI=1S/C29H36O8/c1-19(2)26(30)35-23-17-24(28(32)34-18-22-13-9-6-10-14-22)36-29(25(23)37-27(31)20(3)4)33-16-15-21-11-7-5-8-12-21/h5-14,19-20,23-25,29H,15-18H2,1-4H3/t23-,24-,25+,29-/m0/s1. The largest absolute Gasteiger partial charge is 0.459 e. The fourth-order valence-electron chi connectivity index (χ4n) is 3.66. The molecule has 4 atom stereocenters. The van der Waals surface area contributed by atoms with E-state index >= 15 is 0 Å². The van der Waals surface area contributed by atoms with E-state index in [0.29, 0.717) is 6.42 Å². The molecule has 1 aliphatic heterocycles. The van der Waals surface area contributed by atoms with Crippen molar-refractivity contribution in [1.82, 2.24) is 0 Å². The molecule has 8 nitrogen and oxygen atoms in total. The van der Waals surface area contributed by atoms with Crippen molar-refractivity contribution in [1.29, 1.82) is 0 Å². The molecule has 0 N–H and O–H groups in total. The fourth-order valence-corrected chi connectivity index (χ4v) is 3.66. The zero-order valence-corrected chi connectivity index (χ0v) is 21.8. The maximum absolute atomic E-state index is 13.0. The molecule has 0 unspecified atom stereocenters. The number of hydrogen-bond acceptors (Lipinski definition) is 8. The van der Waals surface area contributed by atoms with Crippen LogP contribution in [0.1, 0.15) is 45.2 Å². The van der Waals surface area contributed by atoms with Gasteiger partial charge in [0.05, 0.1) is 18.4 Å². The van der Waals surface area contributed by atoms with Gasteiger partial charge in [0, 0.05) is 6.42 Å². The maximum Gasteiger partial charge on any atom is 0.335 e. The van der Waals surface area contributed by atoms with Crippen molar-refractivity contribution in [2.45, 2.75) is 71.7 Å². The number of ether oxygens (including phenoxy) is 5. The number of rotatable bonds is 11. The van der Waals surface area contributed by atoms with Crippen molar-refractivity contribution in [3.05, 3.63) is 71.8 Å². The van der Waals surface area contributed by atoms with E-state index in [2.05, 4.69) is 0 Å². The van der Waals surface area contributed by atoms with Crippen molar-refractivity contribution in [3.8, 4) is 0 Å². The zero-order chi connectivity index (χ0) is 26.8. The van der Waals surface area contributed by atoms with Crippen LogP contribution in [-0.2, 0) is 51.1 Å². The number of carbonyl (C=O) groups is 3. The summed E-state index contributed by atoms with van der Waals surface area (Å²) in [6.07, 6.45) is -3.62. The molecule has 0 radical (unpaired) electrons. The van der Waals surface area contributed by atoms with Gasteiger partial charge in [0.2, 0.25) is 0 Å². The number of benzene rings is 2. The molecule has 0 spiro atoms. The third-order valence-electron chi connectivity index (χ3n) is 5.84. The summed E-state index contributed by atoms with van der Waals surface area (Å²) >= 11 is 0. The average Bonchev–Trinajstić information content (AvgIpc) is 2.89. The highest BCUT2D eigenvalue weighted by molar-refractivity contribution is 5.76. The SMILES string of the molecule is CC(C)C(=O)O[C@H]1[C@@H](OCCc2ccccc2)O[C@H](C(=O)OCc2ccccc2)C[C@@H]1OC(=O)C(C)C. The molecule has 1 saturated heterocycles. The molecule has 2 aromatic carbocycles. The minimum atomic E-state index is -1.13. The van der Waals surface area contributed by atoms with Crippen LogP contribution < -0.4 is 0 Å². The second-order valence-electron chi connectivity index (χ2n) is 9.61. The predicted molar refractivity (Wildman–Crippen MR) is 135 cm³/mol. The van der Waals surface area contributed by atoms with Crippen molar-refractivity contribution in [2.24, 2.45) is 11.8 Å². The highest BCUT2D eigenvalue weighted by Crippen LogP contribution is 2.29. The van der Waals surface area contributed by atoms with Crippen molar-refractivity contribution in [3.63, 3.8) is 0 Å². The Labute approximate surface area is 218 Å². The smallest absolute Gasteiger partial charge is 0.335 e. The molecule has 3 rings (SSSR count). The molecule has 37 heavy (non-hydrogen) atoms. The Hall–Kier alpha value is -3.23. The van der Waals surface area contributed by atoms with Gasteiger partial charge in [-0.05, 0) is 17.5 Å². The van der Waals surface area contributed by atoms with Crippen LogP contribution in [-0.4, -0.2) is 49.1 Å². The molecule has 200 valence electrons. The molecular weight excluding hydrogens is 476 g/mol. The van der Waals surface area contributed by atoms with E-state index in [9.17, 15) is 14.4 Å². The summed E-state index contributed by atoms with van der Waals surface area (Å²) in [5.41, 5.74) is 1.88. The Morgan fingerprint density at radius 2 is 1.41 bits per heavy atom. The summed E-state index contributed by atoms with van der Waals surface area (Å²) in [5.74, 6) is -2.40. The van der Waals surface area contributed by atoms with Crippen molar-refractivity contribution in [2.75, 3.05) is 6.61 Å². The lowest BCUT2D eigenvalue weighted by Gasteiger charge is -2.40. The van der Waals surface area contributed by atoms with Gasteiger partial charge >= 0.3 is 17.9 Å². The first-order valence-electron chi connectivity index (χ1n) is 12.7. The minimum absolute atomic E-state index is 0.0271. The third kappa shape index (κ3) is 8.68. The topological polar surface area (TPSA) is 97.4 Å². The van der Waals surface area contributed by atoms with Gasteiger partial charge < -0.3 is 23.7 Å². The van der Waals surface area contributed by atoms with Crippen molar-refractivity contribution >= 4 is 17.9 Å². The van der Waals surface area contributed by atoms with Crippen LogP contribution in [0.15, 0.2) is 60.7 Å². The average molecular weight is 513 g/mol.